The molecule has 5 nitrogen and oxygen atoms in total. The van der Waals surface area contributed by atoms with Crippen molar-refractivity contribution in [3.63, 3.8) is 0 Å². The van der Waals surface area contributed by atoms with E-state index in [0.29, 0.717) is 12.5 Å². The van der Waals surface area contributed by atoms with Crippen molar-refractivity contribution in [2.45, 2.75) is 32.3 Å². The summed E-state index contributed by atoms with van der Waals surface area (Å²) in [5.74, 6) is 1.55. The maximum absolute atomic E-state index is 9.94. The molecule has 0 radical (unpaired) electrons. The molecule has 17 heavy (non-hydrogen) atoms. The van der Waals surface area contributed by atoms with Gasteiger partial charge in [-0.3, -0.25) is 0 Å². The number of nitrogens with zero attached hydrogens (tertiary/aromatic N) is 3. The lowest BCUT2D eigenvalue weighted by Gasteiger charge is -2.20. The summed E-state index contributed by atoms with van der Waals surface area (Å²) >= 11 is 0. The Morgan fingerprint density at radius 2 is 2.41 bits per heavy atom. The van der Waals surface area contributed by atoms with Crippen LogP contribution in [0.25, 0.3) is 0 Å². The zero-order valence-corrected chi connectivity index (χ0v) is 10.5. The molecule has 0 bridgehead atoms. The number of β-amino-alcohol motifs (C(OH)–C–C–N with tert-alkyl or cyclic N) is 1. The van der Waals surface area contributed by atoms with Crippen molar-refractivity contribution in [3.8, 4) is 0 Å². The molecule has 1 fully saturated rings. The molecular weight excluding hydrogens is 216 g/mol. The van der Waals surface area contributed by atoms with Crippen LogP contribution in [0.2, 0.25) is 0 Å². The zero-order valence-electron chi connectivity index (χ0n) is 10.5. The van der Waals surface area contributed by atoms with Crippen LogP contribution >= 0.6 is 0 Å². The highest BCUT2D eigenvalue weighted by molar-refractivity contribution is 5.44. The van der Waals surface area contributed by atoms with Crippen LogP contribution in [-0.4, -0.2) is 40.3 Å². The summed E-state index contributed by atoms with van der Waals surface area (Å²) in [4.78, 5) is 10.7. The summed E-state index contributed by atoms with van der Waals surface area (Å²) in [7, 11) is 0. The van der Waals surface area contributed by atoms with Crippen molar-refractivity contribution < 1.29 is 5.11 Å². The van der Waals surface area contributed by atoms with Gasteiger partial charge >= 0.3 is 0 Å². The van der Waals surface area contributed by atoms with E-state index in [9.17, 15) is 5.11 Å². The third-order valence-electron chi connectivity index (χ3n) is 2.95. The Morgan fingerprint density at radius 3 is 3.06 bits per heavy atom. The van der Waals surface area contributed by atoms with E-state index in [0.717, 1.165) is 31.7 Å². The first-order valence-electron chi connectivity index (χ1n) is 6.15. The van der Waals surface area contributed by atoms with Crippen molar-refractivity contribution >= 4 is 11.8 Å². The van der Waals surface area contributed by atoms with Crippen LogP contribution in [0.3, 0.4) is 0 Å². The molecule has 0 amide bonds. The minimum absolute atomic E-state index is 0.595. The van der Waals surface area contributed by atoms with Crippen molar-refractivity contribution in [1.29, 1.82) is 0 Å². The van der Waals surface area contributed by atoms with Gasteiger partial charge in [0, 0.05) is 25.8 Å². The third-order valence-corrected chi connectivity index (χ3v) is 2.95. The monoisotopic (exact) mass is 236 g/mol. The van der Waals surface area contributed by atoms with Gasteiger partial charge in [-0.2, -0.15) is 4.98 Å². The fourth-order valence-corrected chi connectivity index (χ4v) is 1.99. The van der Waals surface area contributed by atoms with E-state index in [1.165, 1.54) is 0 Å². The molecule has 94 valence electrons. The molecule has 1 unspecified atom stereocenters. The number of anilines is 2. The van der Waals surface area contributed by atoms with Gasteiger partial charge in [0.2, 0.25) is 5.95 Å². The van der Waals surface area contributed by atoms with E-state index < -0.39 is 5.60 Å². The Labute approximate surface area is 102 Å². The summed E-state index contributed by atoms with van der Waals surface area (Å²) in [6.45, 7) is 6.33. The van der Waals surface area contributed by atoms with Gasteiger partial charge in [0.05, 0.1) is 5.60 Å². The van der Waals surface area contributed by atoms with Crippen molar-refractivity contribution in [2.75, 3.05) is 29.9 Å². The predicted molar refractivity (Wildman–Crippen MR) is 68.3 cm³/mol. The number of rotatable bonds is 4. The van der Waals surface area contributed by atoms with Crippen LogP contribution in [0.15, 0.2) is 12.3 Å². The second-order valence-corrected chi connectivity index (χ2v) is 4.83. The molecule has 2 rings (SSSR count). The molecule has 1 aliphatic heterocycles. The molecular formula is C12H20N4O. The first-order valence-corrected chi connectivity index (χ1v) is 6.15. The molecule has 1 aromatic rings. The second kappa shape index (κ2) is 4.87. The quantitative estimate of drug-likeness (QED) is 0.824. The summed E-state index contributed by atoms with van der Waals surface area (Å²) in [6.07, 6.45) is 3.59. The van der Waals surface area contributed by atoms with Crippen LogP contribution in [0.1, 0.15) is 26.7 Å². The standard InChI is InChI=1S/C12H20N4O/c1-3-6-13-11-14-7-4-10(15-11)16-8-5-12(2,17)9-16/h4,7,17H,3,5-6,8-9H2,1-2H3,(H,13,14,15). The van der Waals surface area contributed by atoms with Crippen LogP contribution in [0.5, 0.6) is 0 Å². The van der Waals surface area contributed by atoms with Gasteiger partial charge in [0.1, 0.15) is 5.82 Å². The van der Waals surface area contributed by atoms with E-state index in [4.69, 9.17) is 0 Å². The summed E-state index contributed by atoms with van der Waals surface area (Å²) in [6, 6.07) is 1.89. The van der Waals surface area contributed by atoms with Crippen molar-refractivity contribution in [1.82, 2.24) is 9.97 Å². The first kappa shape index (κ1) is 12.1. The first-order chi connectivity index (χ1) is 8.11. The lowest BCUT2D eigenvalue weighted by atomic mass is 10.1. The molecule has 0 aromatic carbocycles. The largest absolute Gasteiger partial charge is 0.388 e. The number of hydrogen-bond donors (Lipinski definition) is 2. The number of hydrogen-bond acceptors (Lipinski definition) is 5. The predicted octanol–water partition coefficient (Wildman–Crippen LogP) is 1.26. The average Bonchev–Trinajstić information content (AvgIpc) is 2.67. The molecule has 0 saturated carbocycles. The third kappa shape index (κ3) is 3.06. The van der Waals surface area contributed by atoms with Crippen molar-refractivity contribution in [3.05, 3.63) is 12.3 Å². The Balaban J connectivity index is 2.06. The molecule has 1 atom stereocenters. The normalized spacial score (nSPS) is 24.1. The average molecular weight is 236 g/mol. The van der Waals surface area contributed by atoms with Gasteiger partial charge < -0.3 is 15.3 Å². The van der Waals surface area contributed by atoms with E-state index in [2.05, 4.69) is 27.1 Å². The highest BCUT2D eigenvalue weighted by Gasteiger charge is 2.31. The van der Waals surface area contributed by atoms with Crippen LogP contribution in [0, 0.1) is 0 Å². The van der Waals surface area contributed by atoms with Crippen LogP contribution in [-0.2, 0) is 0 Å². The van der Waals surface area contributed by atoms with Gasteiger partial charge in [-0.05, 0) is 25.8 Å². The summed E-state index contributed by atoms with van der Waals surface area (Å²) in [5, 5.41) is 13.1. The minimum atomic E-state index is -0.595. The Kier molecular flexibility index (Phi) is 3.47. The Bertz CT molecular complexity index is 381. The maximum atomic E-state index is 9.94. The lowest BCUT2D eigenvalue weighted by molar-refractivity contribution is 0.0839. The number of aromatic nitrogens is 2. The molecule has 2 heterocycles. The highest BCUT2D eigenvalue weighted by atomic mass is 16.3. The molecule has 5 heteroatoms. The summed E-state index contributed by atoms with van der Waals surface area (Å²) in [5.41, 5.74) is -0.595. The summed E-state index contributed by atoms with van der Waals surface area (Å²) < 4.78 is 0. The fraction of sp³-hybridized carbons (Fsp3) is 0.667. The van der Waals surface area contributed by atoms with Crippen molar-refractivity contribution in [2.24, 2.45) is 0 Å². The van der Waals surface area contributed by atoms with Gasteiger partial charge in [0.25, 0.3) is 0 Å². The maximum Gasteiger partial charge on any atom is 0.224 e. The Hall–Kier alpha value is -1.36. The SMILES string of the molecule is CCCNc1nccc(N2CCC(C)(O)C2)n1. The molecule has 1 saturated heterocycles. The van der Waals surface area contributed by atoms with Gasteiger partial charge in [-0.25, -0.2) is 4.98 Å². The molecule has 2 N–H and O–H groups in total. The van der Waals surface area contributed by atoms with Gasteiger partial charge in [-0.1, -0.05) is 6.92 Å². The van der Waals surface area contributed by atoms with Gasteiger partial charge in [-0.15, -0.1) is 0 Å². The number of aliphatic hydroxyl groups is 1. The molecule has 1 aromatic heterocycles. The fourth-order valence-electron chi connectivity index (χ4n) is 1.99. The van der Waals surface area contributed by atoms with Crippen LogP contribution in [0.4, 0.5) is 11.8 Å². The van der Waals surface area contributed by atoms with E-state index in [1.807, 2.05) is 13.0 Å². The molecule has 0 aliphatic carbocycles. The number of nitrogens with one attached hydrogen (secondary N) is 1. The van der Waals surface area contributed by atoms with Crippen LogP contribution < -0.4 is 10.2 Å². The van der Waals surface area contributed by atoms with E-state index in [-0.39, 0.29) is 0 Å². The van der Waals surface area contributed by atoms with E-state index in [1.54, 1.807) is 6.20 Å². The smallest absolute Gasteiger partial charge is 0.224 e. The second-order valence-electron chi connectivity index (χ2n) is 4.83. The zero-order chi connectivity index (χ0) is 12.3. The Morgan fingerprint density at radius 1 is 1.59 bits per heavy atom. The van der Waals surface area contributed by atoms with E-state index >= 15 is 0 Å². The highest BCUT2D eigenvalue weighted by Crippen LogP contribution is 2.25. The van der Waals surface area contributed by atoms with Gasteiger partial charge in [0.15, 0.2) is 0 Å². The lowest BCUT2D eigenvalue weighted by Crippen LogP contribution is -2.30. The molecule has 0 spiro atoms. The minimum Gasteiger partial charge on any atom is -0.388 e. The molecule has 1 aliphatic rings. The topological polar surface area (TPSA) is 61.3 Å².